The van der Waals surface area contributed by atoms with Crippen molar-refractivity contribution in [2.75, 3.05) is 40.0 Å². The van der Waals surface area contributed by atoms with Crippen LogP contribution in [-0.2, 0) is 8.88 Å². The van der Waals surface area contributed by atoms with Gasteiger partial charge in [0.25, 0.3) is 0 Å². The first-order chi connectivity index (χ1) is 10.9. The molecule has 0 aliphatic heterocycles. The molecule has 2 aromatic rings. The molecule has 24 heavy (non-hydrogen) atoms. The van der Waals surface area contributed by atoms with Crippen LogP contribution in [0.3, 0.4) is 0 Å². The molecule has 0 unspecified atom stereocenters. The summed E-state index contributed by atoms with van der Waals surface area (Å²) >= 11 is 0. The summed E-state index contributed by atoms with van der Waals surface area (Å²) in [6, 6.07) is 20.1. The minimum absolute atomic E-state index is 1.11. The van der Waals surface area contributed by atoms with E-state index in [0.717, 1.165) is 10.6 Å². The summed E-state index contributed by atoms with van der Waals surface area (Å²) < 4.78 is 12.3. The van der Waals surface area contributed by atoms with Crippen LogP contribution in [0.15, 0.2) is 60.7 Å². The van der Waals surface area contributed by atoms with Crippen molar-refractivity contribution in [3.63, 3.8) is 0 Å². The molecule has 3 nitrogen and oxygen atoms in total. The number of rotatable bonds is 6. The molecule has 0 amide bonds. The van der Waals surface area contributed by atoms with Crippen molar-refractivity contribution in [3.05, 3.63) is 60.7 Å². The van der Waals surface area contributed by atoms with Gasteiger partial charge in [0.1, 0.15) is 0 Å². The van der Waals surface area contributed by atoms with Crippen LogP contribution in [-0.4, -0.2) is 52.3 Å². The summed E-state index contributed by atoms with van der Waals surface area (Å²) in [4.78, 5) is 0. The van der Waals surface area contributed by atoms with Gasteiger partial charge in [0.2, 0.25) is 0 Å². The first kappa shape index (κ1) is 19.6. The van der Waals surface area contributed by atoms with E-state index in [-0.39, 0.29) is 0 Å². The fourth-order valence-electron chi connectivity index (χ4n) is 2.64. The summed E-state index contributed by atoms with van der Waals surface area (Å²) in [6.07, 6.45) is 0. The van der Waals surface area contributed by atoms with Crippen LogP contribution >= 0.6 is 13.7 Å². The van der Waals surface area contributed by atoms with Gasteiger partial charge in [-0.1, -0.05) is 0 Å². The molecule has 0 atom stereocenters. The molecule has 0 saturated carbocycles. The van der Waals surface area contributed by atoms with Crippen LogP contribution in [0.1, 0.15) is 0 Å². The Hall–Kier alpha value is -0.755. The van der Waals surface area contributed by atoms with Gasteiger partial charge >= 0.3 is 146 Å². The molecule has 0 aliphatic rings. The van der Waals surface area contributed by atoms with Gasteiger partial charge in [0.15, 0.2) is 0 Å². The molecule has 6 heteroatoms. The van der Waals surface area contributed by atoms with E-state index in [1.807, 2.05) is 60.7 Å². The topological polar surface area (TPSA) is 38.7 Å². The monoisotopic (exact) mass is 366 g/mol. The summed E-state index contributed by atoms with van der Waals surface area (Å²) in [5, 5.41) is 12.8. The van der Waals surface area contributed by atoms with Gasteiger partial charge < -0.3 is 0 Å². The molecule has 1 N–H and O–H groups in total. The molecule has 0 aromatic heterocycles. The average Bonchev–Trinajstić information content (AvgIpc) is 2.46. The molecule has 2 aromatic carbocycles. The zero-order chi connectivity index (χ0) is 18.1. The Balaban J connectivity index is 2.22. The van der Waals surface area contributed by atoms with Crippen molar-refractivity contribution < 1.29 is 13.9 Å². The van der Waals surface area contributed by atoms with E-state index in [0.29, 0.717) is 0 Å². The maximum atomic E-state index is 10.6. The zero-order valence-corrected chi connectivity index (χ0v) is 17.3. The zero-order valence-electron chi connectivity index (χ0n) is 15.5. The van der Waals surface area contributed by atoms with Gasteiger partial charge in [-0.3, -0.25) is 0 Å². The average molecular weight is 366 g/mol. The molecule has 0 heterocycles. The van der Waals surface area contributed by atoms with Gasteiger partial charge in [0, 0.05) is 0 Å². The normalized spacial score (nSPS) is 15.8. The van der Waals surface area contributed by atoms with Crippen molar-refractivity contribution >= 4 is 31.6 Å². The Kier molecular flexibility index (Phi) is 5.05. The second-order valence-electron chi connectivity index (χ2n) is 8.49. The van der Waals surface area contributed by atoms with Gasteiger partial charge in [-0.05, 0) is 0 Å². The Morgan fingerprint density at radius 2 is 0.917 bits per heavy atom. The first-order valence-corrected chi connectivity index (χ1v) is 15.0. The molecule has 0 saturated heterocycles. The molecule has 2 rings (SSSR count). The second kappa shape index (κ2) is 6.20. The van der Waals surface area contributed by atoms with Crippen LogP contribution in [0.4, 0.5) is 0 Å². The second-order valence-corrected chi connectivity index (χ2v) is 20.6. The SMILES string of the molecule is CP(C)(C)(OB(O)OP(C)(C)(C)c1ccccc1)c1ccccc1. The number of hydrogen-bond donors (Lipinski definition) is 1. The summed E-state index contributed by atoms with van der Waals surface area (Å²) in [6.45, 7) is 7.03. The van der Waals surface area contributed by atoms with E-state index in [2.05, 4.69) is 40.0 Å². The first-order valence-electron chi connectivity index (χ1n) is 8.05. The summed E-state index contributed by atoms with van der Waals surface area (Å²) in [5.74, 6) is 0. The Labute approximate surface area is 146 Å². The van der Waals surface area contributed by atoms with Crippen molar-refractivity contribution in [1.82, 2.24) is 0 Å². The van der Waals surface area contributed by atoms with Crippen molar-refractivity contribution in [1.29, 1.82) is 0 Å². The molecule has 0 fully saturated rings. The van der Waals surface area contributed by atoms with Gasteiger partial charge in [0.05, 0.1) is 0 Å². The van der Waals surface area contributed by atoms with Gasteiger partial charge in [-0.2, -0.15) is 0 Å². The Morgan fingerprint density at radius 3 is 1.21 bits per heavy atom. The number of benzene rings is 2. The fourth-order valence-corrected chi connectivity index (χ4v) is 6.68. The fraction of sp³-hybridized carbons (Fsp3) is 0.333. The molecule has 0 bridgehead atoms. The van der Waals surface area contributed by atoms with E-state index >= 15 is 0 Å². The standard InChI is InChI=1S/C18H29BO3P2/c1-23(2,3,17-13-9-7-10-14-17)21-19(20)22-24(4,5,6)18-15-11-8-12-16-18/h7-16,20H,1-6H3. The van der Waals surface area contributed by atoms with Crippen LogP contribution in [0, 0.1) is 0 Å². The van der Waals surface area contributed by atoms with Crippen LogP contribution in [0.2, 0.25) is 0 Å². The van der Waals surface area contributed by atoms with Crippen molar-refractivity contribution in [2.24, 2.45) is 0 Å². The molecule has 0 aliphatic carbocycles. The van der Waals surface area contributed by atoms with E-state index in [9.17, 15) is 5.02 Å². The Bertz CT molecular complexity index is 627. The molecule has 0 spiro atoms. The van der Waals surface area contributed by atoms with Gasteiger partial charge in [-0.25, -0.2) is 0 Å². The third kappa shape index (κ3) is 4.66. The minimum atomic E-state index is -2.71. The van der Waals surface area contributed by atoms with Crippen molar-refractivity contribution in [3.8, 4) is 0 Å². The third-order valence-electron chi connectivity index (χ3n) is 4.19. The van der Waals surface area contributed by atoms with Crippen LogP contribution in [0.25, 0.3) is 0 Å². The molecular formula is C18H29BO3P2. The van der Waals surface area contributed by atoms with E-state index < -0.39 is 21.0 Å². The predicted octanol–water partition coefficient (Wildman–Crippen LogP) is 3.36. The predicted molar refractivity (Wildman–Crippen MR) is 112 cm³/mol. The van der Waals surface area contributed by atoms with Gasteiger partial charge in [-0.15, -0.1) is 0 Å². The van der Waals surface area contributed by atoms with Crippen LogP contribution in [0.5, 0.6) is 0 Å². The molecule has 132 valence electrons. The van der Waals surface area contributed by atoms with E-state index in [1.54, 1.807) is 0 Å². The summed E-state index contributed by atoms with van der Waals surface area (Å²) in [7, 11) is -1.26. The van der Waals surface area contributed by atoms with Crippen molar-refractivity contribution in [2.45, 2.75) is 0 Å². The molecular weight excluding hydrogens is 337 g/mol. The summed E-state index contributed by atoms with van der Waals surface area (Å²) in [5.41, 5.74) is 0. The quantitative estimate of drug-likeness (QED) is 0.630. The molecule has 0 radical (unpaired) electrons. The van der Waals surface area contributed by atoms with E-state index in [1.165, 1.54) is 0 Å². The maximum absolute atomic E-state index is 10.6. The van der Waals surface area contributed by atoms with E-state index in [4.69, 9.17) is 8.88 Å². The third-order valence-corrected chi connectivity index (χ3v) is 10.1. The van der Waals surface area contributed by atoms with Crippen LogP contribution < -0.4 is 10.6 Å². The number of hydrogen-bond acceptors (Lipinski definition) is 3. The Morgan fingerprint density at radius 1 is 0.625 bits per heavy atom.